The van der Waals surface area contributed by atoms with Crippen molar-refractivity contribution >= 4 is 17.5 Å². The van der Waals surface area contributed by atoms with Crippen LogP contribution in [0.2, 0.25) is 0 Å². The Morgan fingerprint density at radius 3 is 2.71 bits per heavy atom. The predicted octanol–water partition coefficient (Wildman–Crippen LogP) is 2.11. The number of thioether (sulfide) groups is 1. The minimum absolute atomic E-state index is 0.227. The zero-order chi connectivity index (χ0) is 10.4. The molecule has 0 spiro atoms. The summed E-state index contributed by atoms with van der Waals surface area (Å²) in [7, 11) is 0. The van der Waals surface area contributed by atoms with Gasteiger partial charge in [-0.3, -0.25) is 4.79 Å². The van der Waals surface area contributed by atoms with Crippen LogP contribution in [0.5, 0.6) is 0 Å². The van der Waals surface area contributed by atoms with Crippen LogP contribution >= 0.6 is 11.8 Å². The molecule has 82 valence electrons. The molecule has 1 atom stereocenters. The minimum Gasteiger partial charge on any atom is -0.396 e. The molecule has 0 aromatic heterocycles. The van der Waals surface area contributed by atoms with Gasteiger partial charge in [0.25, 0.3) is 0 Å². The van der Waals surface area contributed by atoms with Gasteiger partial charge in [0.15, 0.2) is 0 Å². The zero-order valence-electron chi connectivity index (χ0n) is 8.87. The molecule has 14 heavy (non-hydrogen) atoms. The van der Waals surface area contributed by atoms with E-state index in [1.165, 1.54) is 12.8 Å². The third-order valence-electron chi connectivity index (χ3n) is 2.77. The van der Waals surface area contributed by atoms with Crippen LogP contribution in [0.15, 0.2) is 0 Å². The third-order valence-corrected chi connectivity index (χ3v) is 4.06. The number of ketones is 1. The van der Waals surface area contributed by atoms with E-state index in [0.29, 0.717) is 23.4 Å². The van der Waals surface area contributed by atoms with Crippen LogP contribution in [-0.4, -0.2) is 29.0 Å². The fourth-order valence-corrected chi connectivity index (χ4v) is 2.84. The van der Waals surface area contributed by atoms with Crippen molar-refractivity contribution in [1.82, 2.24) is 0 Å². The Labute approximate surface area is 90.5 Å². The van der Waals surface area contributed by atoms with Crippen molar-refractivity contribution in [3.63, 3.8) is 0 Å². The Morgan fingerprint density at radius 1 is 1.50 bits per heavy atom. The van der Waals surface area contributed by atoms with E-state index in [0.717, 1.165) is 18.6 Å². The molecule has 1 aliphatic rings. The lowest BCUT2D eigenvalue weighted by molar-refractivity contribution is -0.120. The Balaban J connectivity index is 2.08. The Bertz CT molecular complexity index is 176. The smallest absolute Gasteiger partial charge is 0.145 e. The Hall–Kier alpha value is -0.0200. The maximum atomic E-state index is 11.6. The molecule has 0 aromatic rings. The summed E-state index contributed by atoms with van der Waals surface area (Å²) in [5, 5.41) is 8.81. The van der Waals surface area contributed by atoms with Crippen molar-refractivity contribution in [2.24, 2.45) is 11.8 Å². The van der Waals surface area contributed by atoms with Gasteiger partial charge in [-0.25, -0.2) is 0 Å². The van der Waals surface area contributed by atoms with Gasteiger partial charge in [0.2, 0.25) is 0 Å². The number of carbonyl (C=O) groups excluding carboxylic acids is 1. The van der Waals surface area contributed by atoms with Crippen LogP contribution in [-0.2, 0) is 4.79 Å². The van der Waals surface area contributed by atoms with Crippen molar-refractivity contribution in [2.75, 3.05) is 18.1 Å². The fraction of sp³-hybridized carbons (Fsp3) is 0.909. The first-order chi connectivity index (χ1) is 6.74. The molecule has 1 saturated carbocycles. The highest BCUT2D eigenvalue weighted by Crippen LogP contribution is 2.26. The molecule has 3 heteroatoms. The molecule has 0 aromatic carbocycles. The van der Waals surface area contributed by atoms with Crippen LogP contribution in [0.4, 0.5) is 0 Å². The Morgan fingerprint density at radius 2 is 2.14 bits per heavy atom. The molecule has 0 radical (unpaired) electrons. The lowest BCUT2D eigenvalue weighted by atomic mass is 10.0. The summed E-state index contributed by atoms with van der Waals surface area (Å²) in [5.41, 5.74) is 0. The molecule has 1 unspecified atom stereocenters. The maximum absolute atomic E-state index is 11.6. The van der Waals surface area contributed by atoms with Crippen molar-refractivity contribution in [1.29, 1.82) is 0 Å². The minimum atomic E-state index is 0.227. The second-order valence-electron chi connectivity index (χ2n) is 4.25. The van der Waals surface area contributed by atoms with E-state index in [2.05, 4.69) is 0 Å². The van der Waals surface area contributed by atoms with E-state index < -0.39 is 0 Å². The number of aliphatic hydroxyl groups is 1. The first-order valence-electron chi connectivity index (χ1n) is 5.45. The van der Waals surface area contributed by atoms with Gasteiger partial charge in [-0.1, -0.05) is 19.8 Å². The van der Waals surface area contributed by atoms with Crippen LogP contribution in [0, 0.1) is 11.8 Å². The van der Waals surface area contributed by atoms with Gasteiger partial charge in [0.05, 0.1) is 5.75 Å². The summed E-state index contributed by atoms with van der Waals surface area (Å²) in [6.07, 6.45) is 4.67. The monoisotopic (exact) mass is 216 g/mol. The maximum Gasteiger partial charge on any atom is 0.145 e. The number of hydrogen-bond acceptors (Lipinski definition) is 3. The molecule has 2 nitrogen and oxygen atoms in total. The summed E-state index contributed by atoms with van der Waals surface area (Å²) >= 11 is 1.67. The lowest BCUT2D eigenvalue weighted by Crippen LogP contribution is -2.14. The third kappa shape index (κ3) is 4.01. The molecule has 0 saturated heterocycles. The summed E-state index contributed by atoms with van der Waals surface area (Å²) in [4.78, 5) is 11.6. The molecule has 0 heterocycles. The predicted molar refractivity (Wildman–Crippen MR) is 60.5 cm³/mol. The van der Waals surface area contributed by atoms with Gasteiger partial charge in [-0.2, -0.15) is 11.8 Å². The van der Waals surface area contributed by atoms with Crippen LogP contribution in [0.1, 0.15) is 32.6 Å². The number of Topliss-reactive ketones (excluding diaryl/α,β-unsaturated/α-hetero) is 1. The number of hydrogen-bond donors (Lipinski definition) is 1. The molecule has 0 bridgehead atoms. The highest BCUT2D eigenvalue weighted by molar-refractivity contribution is 7.99. The summed E-state index contributed by atoms with van der Waals surface area (Å²) in [5.74, 6) is 2.64. The molecule has 1 rings (SSSR count). The standard InChI is InChI=1S/C11H20O2S/c1-9(6-12)7-14-8-11(13)10-4-2-3-5-10/h9-10,12H,2-8H2,1H3. The zero-order valence-corrected chi connectivity index (χ0v) is 9.68. The van der Waals surface area contributed by atoms with Crippen molar-refractivity contribution in [3.8, 4) is 0 Å². The fourth-order valence-electron chi connectivity index (χ4n) is 1.78. The van der Waals surface area contributed by atoms with Crippen molar-refractivity contribution in [3.05, 3.63) is 0 Å². The molecular weight excluding hydrogens is 196 g/mol. The number of rotatable bonds is 6. The molecule has 0 amide bonds. The van der Waals surface area contributed by atoms with Crippen molar-refractivity contribution in [2.45, 2.75) is 32.6 Å². The van der Waals surface area contributed by atoms with E-state index in [1.54, 1.807) is 11.8 Å². The van der Waals surface area contributed by atoms with E-state index in [9.17, 15) is 4.79 Å². The second kappa shape index (κ2) is 6.46. The SMILES string of the molecule is CC(CO)CSCC(=O)C1CCCC1. The largest absolute Gasteiger partial charge is 0.396 e. The second-order valence-corrected chi connectivity index (χ2v) is 5.28. The quantitative estimate of drug-likeness (QED) is 0.739. The lowest BCUT2D eigenvalue weighted by Gasteiger charge is -2.09. The van der Waals surface area contributed by atoms with Gasteiger partial charge in [-0.05, 0) is 24.5 Å². The summed E-state index contributed by atoms with van der Waals surface area (Å²) < 4.78 is 0. The summed E-state index contributed by atoms with van der Waals surface area (Å²) in [6.45, 7) is 2.23. The van der Waals surface area contributed by atoms with E-state index in [1.807, 2.05) is 6.92 Å². The van der Waals surface area contributed by atoms with Crippen LogP contribution < -0.4 is 0 Å². The number of carbonyl (C=O) groups is 1. The van der Waals surface area contributed by atoms with Gasteiger partial charge in [0, 0.05) is 12.5 Å². The average Bonchev–Trinajstić information content (AvgIpc) is 2.70. The van der Waals surface area contributed by atoms with Gasteiger partial charge >= 0.3 is 0 Å². The number of aliphatic hydroxyl groups excluding tert-OH is 1. The average molecular weight is 216 g/mol. The van der Waals surface area contributed by atoms with Crippen molar-refractivity contribution < 1.29 is 9.90 Å². The first-order valence-corrected chi connectivity index (χ1v) is 6.60. The topological polar surface area (TPSA) is 37.3 Å². The highest BCUT2D eigenvalue weighted by atomic mass is 32.2. The summed E-state index contributed by atoms with van der Waals surface area (Å²) in [6, 6.07) is 0. The van der Waals surface area contributed by atoms with E-state index >= 15 is 0 Å². The Kier molecular flexibility index (Phi) is 5.56. The van der Waals surface area contributed by atoms with Crippen LogP contribution in [0.25, 0.3) is 0 Å². The molecular formula is C11H20O2S. The van der Waals surface area contributed by atoms with E-state index in [-0.39, 0.29) is 6.61 Å². The molecule has 1 aliphatic carbocycles. The van der Waals surface area contributed by atoms with E-state index in [4.69, 9.17) is 5.11 Å². The van der Waals surface area contributed by atoms with Crippen LogP contribution in [0.3, 0.4) is 0 Å². The van der Waals surface area contributed by atoms with Gasteiger partial charge in [0.1, 0.15) is 5.78 Å². The normalized spacial score (nSPS) is 19.9. The van der Waals surface area contributed by atoms with Gasteiger partial charge in [-0.15, -0.1) is 0 Å². The molecule has 1 N–H and O–H groups in total. The molecule has 1 fully saturated rings. The molecule has 0 aliphatic heterocycles. The van der Waals surface area contributed by atoms with Gasteiger partial charge < -0.3 is 5.11 Å². The first kappa shape index (κ1) is 12.1. The highest BCUT2D eigenvalue weighted by Gasteiger charge is 2.22.